The fourth-order valence-electron chi connectivity index (χ4n) is 2.04. The molecule has 0 nitrogen and oxygen atoms in total. The lowest BCUT2D eigenvalue weighted by Crippen LogP contribution is -1.78. The van der Waals surface area contributed by atoms with Crippen LogP contribution in [0.3, 0.4) is 0 Å². The predicted octanol–water partition coefficient (Wildman–Crippen LogP) is 7.14. The zero-order valence-corrected chi connectivity index (χ0v) is 13.7. The largest absolute Gasteiger partial charge is 0.130 e. The van der Waals surface area contributed by atoms with Crippen molar-refractivity contribution in [3.8, 4) is 0 Å². The second-order valence-electron chi connectivity index (χ2n) is 5.26. The molecule has 0 aromatic heterocycles. The molecule has 20 heavy (non-hydrogen) atoms. The quantitative estimate of drug-likeness (QED) is 0.190. The second kappa shape index (κ2) is 18.0. The summed E-state index contributed by atoms with van der Waals surface area (Å²) < 4.78 is 0. The van der Waals surface area contributed by atoms with E-state index in [2.05, 4.69) is 56.0 Å². The summed E-state index contributed by atoms with van der Waals surface area (Å²) >= 11 is 0. The van der Waals surface area contributed by atoms with Gasteiger partial charge in [0.25, 0.3) is 0 Å². The molecule has 0 radical (unpaired) electrons. The maximum atomic E-state index is 3.21. The Morgan fingerprint density at radius 1 is 0.550 bits per heavy atom. The highest BCUT2D eigenvalue weighted by Crippen LogP contribution is 2.08. The van der Waals surface area contributed by atoms with E-state index in [1.54, 1.807) is 0 Å². The van der Waals surface area contributed by atoms with Crippen molar-refractivity contribution >= 4 is 0 Å². The van der Waals surface area contributed by atoms with Crippen LogP contribution in [0.5, 0.6) is 0 Å². The topological polar surface area (TPSA) is 0 Å². The summed E-state index contributed by atoms with van der Waals surface area (Å²) in [5, 5.41) is 0. The highest BCUT2D eigenvalue weighted by Gasteiger charge is 1.88. The first-order chi connectivity index (χ1) is 9.91. The number of unbranched alkanes of at least 4 members (excludes halogenated alkanes) is 7. The molecular weight excluding hydrogens is 240 g/mol. The summed E-state index contributed by atoms with van der Waals surface area (Å²) in [5.74, 6) is 0. The number of hydrogen-bond donors (Lipinski definition) is 0. The molecule has 0 aliphatic heterocycles. The van der Waals surface area contributed by atoms with Crippen LogP contribution in [-0.2, 0) is 0 Å². The Labute approximate surface area is 127 Å². The molecule has 0 amide bonds. The molecule has 114 valence electrons. The standard InChI is InChI=1S/C20H34/c1-3-5-7-9-11-13-15-17-19-20-18-16-14-12-10-8-6-4-2/h5-7,10,13,15H,3-4,9,11-12,14,16-20H2,1-2H3. The fraction of sp³-hybridized carbons (Fsp3) is 0.650. The Morgan fingerprint density at radius 3 is 1.85 bits per heavy atom. The Morgan fingerprint density at radius 2 is 1.15 bits per heavy atom. The molecule has 0 aliphatic rings. The predicted molar refractivity (Wildman–Crippen MR) is 93.1 cm³/mol. The van der Waals surface area contributed by atoms with Crippen LogP contribution < -0.4 is 0 Å². The fourth-order valence-corrected chi connectivity index (χ4v) is 2.04. The van der Waals surface area contributed by atoms with E-state index in [1.807, 2.05) is 0 Å². The maximum Gasteiger partial charge on any atom is -0.0274 e. The summed E-state index contributed by atoms with van der Waals surface area (Å²) in [6.45, 7) is 4.34. The molecule has 0 saturated carbocycles. The van der Waals surface area contributed by atoms with E-state index in [1.165, 1.54) is 57.8 Å². The number of rotatable bonds is 13. The minimum absolute atomic E-state index is 1.10. The molecule has 0 bridgehead atoms. The van der Waals surface area contributed by atoms with Gasteiger partial charge in [0.2, 0.25) is 0 Å². The minimum atomic E-state index is 1.10. The van der Waals surface area contributed by atoms with Crippen LogP contribution in [0.15, 0.2) is 42.2 Å². The van der Waals surface area contributed by atoms with Crippen LogP contribution in [0.25, 0.3) is 0 Å². The van der Waals surface area contributed by atoms with E-state index >= 15 is 0 Å². The first kappa shape index (κ1) is 19.0. The first-order valence-electron chi connectivity index (χ1n) is 8.61. The third-order valence-corrected chi connectivity index (χ3v) is 3.23. The molecule has 0 saturated heterocycles. The van der Waals surface area contributed by atoms with Crippen LogP contribution in [0.2, 0.25) is 0 Å². The summed E-state index contributed by atoms with van der Waals surface area (Å²) in [7, 11) is 0. The molecule has 0 rings (SSSR count). The Hall–Kier alpha value is -1.00. The molecule has 0 unspecified atom stereocenters. The zero-order chi connectivity index (χ0) is 14.7. The Bertz CT molecular complexity index is 287. The van der Waals surface area contributed by atoms with Gasteiger partial charge in [0.15, 0.2) is 0 Å². The maximum absolute atomic E-state index is 3.21. The minimum Gasteiger partial charge on any atom is -0.130 e. The molecular formula is C20H34. The van der Waals surface area contributed by atoms with Gasteiger partial charge in [0, 0.05) is 0 Å². The highest BCUT2D eigenvalue weighted by molar-refractivity contribution is 4.87. The summed E-state index contributed by atoms with van der Waals surface area (Å²) in [6.07, 6.45) is 27.5. The monoisotopic (exact) mass is 274 g/mol. The molecule has 0 aliphatic carbocycles. The van der Waals surface area contributed by atoms with Gasteiger partial charge in [0.1, 0.15) is 0 Å². The number of hydrogen-bond acceptors (Lipinski definition) is 0. The van der Waals surface area contributed by atoms with Gasteiger partial charge in [-0.2, -0.15) is 0 Å². The van der Waals surface area contributed by atoms with Gasteiger partial charge in [-0.15, -0.1) is 5.73 Å². The lowest BCUT2D eigenvalue weighted by molar-refractivity contribution is 0.622. The average molecular weight is 274 g/mol. The first-order valence-corrected chi connectivity index (χ1v) is 8.61. The third kappa shape index (κ3) is 17.0. The molecule has 0 aromatic carbocycles. The van der Waals surface area contributed by atoms with Crippen molar-refractivity contribution in [1.29, 1.82) is 0 Å². The van der Waals surface area contributed by atoms with Crippen LogP contribution in [0, 0.1) is 0 Å². The molecule has 0 N–H and O–H groups in total. The van der Waals surface area contributed by atoms with Crippen molar-refractivity contribution in [3.63, 3.8) is 0 Å². The molecule has 0 heterocycles. The van der Waals surface area contributed by atoms with Gasteiger partial charge in [-0.3, -0.25) is 0 Å². The molecule has 0 heteroatoms. The average Bonchev–Trinajstić information content (AvgIpc) is 2.47. The zero-order valence-electron chi connectivity index (χ0n) is 13.7. The Kier molecular flexibility index (Phi) is 17.1. The van der Waals surface area contributed by atoms with Gasteiger partial charge in [-0.1, -0.05) is 57.4 Å². The lowest BCUT2D eigenvalue weighted by Gasteiger charge is -1.97. The Balaban J connectivity index is 3.18. The summed E-state index contributed by atoms with van der Waals surface area (Å²) in [4.78, 5) is 0. The van der Waals surface area contributed by atoms with Gasteiger partial charge < -0.3 is 0 Å². The second-order valence-corrected chi connectivity index (χ2v) is 5.26. The van der Waals surface area contributed by atoms with Crippen molar-refractivity contribution in [1.82, 2.24) is 0 Å². The SMILES string of the molecule is CCC=C=CCCCCCCCC=CCCC=CCC. The lowest BCUT2D eigenvalue weighted by atomic mass is 10.1. The summed E-state index contributed by atoms with van der Waals surface area (Å²) in [5.41, 5.74) is 3.21. The highest BCUT2D eigenvalue weighted by atomic mass is 13.9. The van der Waals surface area contributed by atoms with E-state index in [9.17, 15) is 0 Å². The van der Waals surface area contributed by atoms with Crippen LogP contribution in [0.1, 0.15) is 84.5 Å². The van der Waals surface area contributed by atoms with Crippen LogP contribution in [-0.4, -0.2) is 0 Å². The molecule has 0 spiro atoms. The van der Waals surface area contributed by atoms with E-state index in [4.69, 9.17) is 0 Å². The van der Waals surface area contributed by atoms with E-state index < -0.39 is 0 Å². The normalized spacial score (nSPS) is 11.1. The van der Waals surface area contributed by atoms with Crippen molar-refractivity contribution in [3.05, 3.63) is 42.2 Å². The number of allylic oxidation sites excluding steroid dienone is 5. The van der Waals surface area contributed by atoms with Crippen LogP contribution >= 0.6 is 0 Å². The smallest absolute Gasteiger partial charge is 0.0274 e. The van der Waals surface area contributed by atoms with Gasteiger partial charge in [0.05, 0.1) is 0 Å². The van der Waals surface area contributed by atoms with Gasteiger partial charge in [-0.05, 0) is 63.5 Å². The van der Waals surface area contributed by atoms with Gasteiger partial charge >= 0.3 is 0 Å². The van der Waals surface area contributed by atoms with Crippen molar-refractivity contribution in [2.75, 3.05) is 0 Å². The molecule has 0 fully saturated rings. The van der Waals surface area contributed by atoms with Crippen LogP contribution in [0.4, 0.5) is 0 Å². The molecule has 0 aromatic rings. The third-order valence-electron chi connectivity index (χ3n) is 3.23. The summed E-state index contributed by atoms with van der Waals surface area (Å²) in [6, 6.07) is 0. The van der Waals surface area contributed by atoms with E-state index in [-0.39, 0.29) is 0 Å². The molecule has 0 atom stereocenters. The van der Waals surface area contributed by atoms with E-state index in [0.717, 1.165) is 12.8 Å². The van der Waals surface area contributed by atoms with Crippen molar-refractivity contribution in [2.24, 2.45) is 0 Å². The van der Waals surface area contributed by atoms with Crippen molar-refractivity contribution in [2.45, 2.75) is 84.5 Å². The van der Waals surface area contributed by atoms with Gasteiger partial charge in [-0.25, -0.2) is 0 Å². The van der Waals surface area contributed by atoms with E-state index in [0.29, 0.717) is 0 Å². The van der Waals surface area contributed by atoms with Crippen molar-refractivity contribution < 1.29 is 0 Å².